The predicted molar refractivity (Wildman–Crippen MR) is 129 cm³/mol. The average molecular weight is 435 g/mol. The van der Waals surface area contributed by atoms with E-state index in [0.717, 1.165) is 54.1 Å². The minimum absolute atomic E-state index is 0.0239. The van der Waals surface area contributed by atoms with Crippen molar-refractivity contribution in [1.82, 2.24) is 9.55 Å². The molecule has 0 amide bonds. The van der Waals surface area contributed by atoms with Gasteiger partial charge in [-0.2, -0.15) is 0 Å². The zero-order chi connectivity index (χ0) is 21.4. The normalized spacial score (nSPS) is 14.5. The van der Waals surface area contributed by atoms with Crippen LogP contribution in [0.1, 0.15) is 13.3 Å². The van der Waals surface area contributed by atoms with E-state index in [1.807, 2.05) is 28.8 Å². The van der Waals surface area contributed by atoms with Crippen LogP contribution in [0.5, 0.6) is 5.75 Å². The van der Waals surface area contributed by atoms with Crippen molar-refractivity contribution in [2.45, 2.75) is 19.9 Å². The Hall–Kier alpha value is -3.06. The molecule has 31 heavy (non-hydrogen) atoms. The molecular formula is C24H26N4O2S. The van der Waals surface area contributed by atoms with Gasteiger partial charge in [-0.3, -0.25) is 4.79 Å². The maximum Gasteiger partial charge on any atom is 0.294 e. The third-order valence-electron chi connectivity index (χ3n) is 5.93. The van der Waals surface area contributed by atoms with Crippen LogP contribution in [0.3, 0.4) is 0 Å². The first-order chi connectivity index (χ1) is 15.2. The van der Waals surface area contributed by atoms with Crippen LogP contribution in [-0.4, -0.2) is 42.8 Å². The molecule has 160 valence electrons. The Balaban J connectivity index is 1.47. The van der Waals surface area contributed by atoms with Crippen molar-refractivity contribution in [3.8, 4) is 5.75 Å². The lowest BCUT2D eigenvalue weighted by Gasteiger charge is -2.36. The number of anilines is 2. The van der Waals surface area contributed by atoms with Crippen molar-refractivity contribution < 1.29 is 4.74 Å². The molecule has 7 heteroatoms. The molecule has 3 heterocycles. The second-order valence-corrected chi connectivity index (χ2v) is 8.85. The van der Waals surface area contributed by atoms with Crippen LogP contribution in [0, 0.1) is 0 Å². The topological polar surface area (TPSA) is 50.6 Å². The van der Waals surface area contributed by atoms with Crippen LogP contribution in [0.25, 0.3) is 20.4 Å². The summed E-state index contributed by atoms with van der Waals surface area (Å²) in [7, 11) is 1.68. The molecule has 0 N–H and O–H groups in total. The molecule has 0 bridgehead atoms. The summed E-state index contributed by atoms with van der Waals surface area (Å²) in [5.41, 5.74) is 2.18. The van der Waals surface area contributed by atoms with Crippen LogP contribution in [0.2, 0.25) is 0 Å². The first-order valence-corrected chi connectivity index (χ1v) is 11.6. The number of aryl methyl sites for hydroxylation is 1. The van der Waals surface area contributed by atoms with Gasteiger partial charge in [0, 0.05) is 48.5 Å². The Bertz CT molecular complexity index is 1270. The first kappa shape index (κ1) is 19.9. The number of hydrogen-bond acceptors (Lipinski definition) is 6. The van der Waals surface area contributed by atoms with Crippen molar-refractivity contribution in [2.75, 3.05) is 43.1 Å². The van der Waals surface area contributed by atoms with Gasteiger partial charge < -0.3 is 19.1 Å². The van der Waals surface area contributed by atoms with E-state index in [-0.39, 0.29) is 5.56 Å². The van der Waals surface area contributed by atoms with Crippen molar-refractivity contribution in [1.29, 1.82) is 0 Å². The Labute approximate surface area is 185 Å². The molecule has 1 fully saturated rings. The first-order valence-electron chi connectivity index (χ1n) is 10.8. The number of hydrogen-bond donors (Lipinski definition) is 0. The highest BCUT2D eigenvalue weighted by atomic mass is 32.1. The third-order valence-corrected chi connectivity index (χ3v) is 6.98. The largest absolute Gasteiger partial charge is 0.497 e. The number of piperazine rings is 1. The number of ether oxygens (including phenoxy) is 1. The fraction of sp³-hybridized carbons (Fsp3) is 0.333. The maximum absolute atomic E-state index is 13.5. The summed E-state index contributed by atoms with van der Waals surface area (Å²) >= 11 is 1.67. The van der Waals surface area contributed by atoms with E-state index in [2.05, 4.69) is 41.0 Å². The van der Waals surface area contributed by atoms with Crippen LogP contribution >= 0.6 is 11.3 Å². The van der Waals surface area contributed by atoms with E-state index < -0.39 is 0 Å². The molecule has 2 aromatic heterocycles. The molecule has 6 nitrogen and oxygen atoms in total. The highest BCUT2D eigenvalue weighted by Crippen LogP contribution is 2.33. The van der Waals surface area contributed by atoms with E-state index in [4.69, 9.17) is 9.72 Å². The van der Waals surface area contributed by atoms with Crippen LogP contribution in [0.15, 0.2) is 53.3 Å². The monoisotopic (exact) mass is 434 g/mol. The molecule has 4 aromatic rings. The Morgan fingerprint density at radius 1 is 1.00 bits per heavy atom. The molecule has 1 aliphatic rings. The molecule has 1 saturated heterocycles. The number of thiophene rings is 1. The molecule has 0 saturated carbocycles. The molecule has 1 aliphatic heterocycles. The molecule has 2 aromatic carbocycles. The number of rotatable bonds is 5. The summed E-state index contributed by atoms with van der Waals surface area (Å²) in [6.07, 6.45) is 0.911. The van der Waals surface area contributed by atoms with Gasteiger partial charge in [-0.1, -0.05) is 25.1 Å². The molecule has 0 spiro atoms. The molecule has 5 rings (SSSR count). The minimum atomic E-state index is 0.0239. The zero-order valence-corrected chi connectivity index (χ0v) is 18.7. The predicted octanol–water partition coefficient (Wildman–Crippen LogP) is 4.36. The van der Waals surface area contributed by atoms with Gasteiger partial charge in [0.25, 0.3) is 5.56 Å². The van der Waals surface area contributed by atoms with Gasteiger partial charge in [0.1, 0.15) is 10.6 Å². The average Bonchev–Trinajstić information content (AvgIpc) is 3.19. The van der Waals surface area contributed by atoms with Gasteiger partial charge >= 0.3 is 0 Å². The quantitative estimate of drug-likeness (QED) is 0.467. The van der Waals surface area contributed by atoms with Gasteiger partial charge in [-0.25, -0.2) is 4.98 Å². The SMILES string of the molecule is CCCn1c(=O)c(N2CCN(c3ccc(OC)cc3)CC2)nc2sc3ccccc3c21. The van der Waals surface area contributed by atoms with E-state index in [9.17, 15) is 4.79 Å². The van der Waals surface area contributed by atoms with Crippen molar-refractivity contribution >= 4 is 43.3 Å². The lowest BCUT2D eigenvalue weighted by Crippen LogP contribution is -2.48. The van der Waals surface area contributed by atoms with E-state index in [0.29, 0.717) is 12.4 Å². The van der Waals surface area contributed by atoms with E-state index in [1.165, 1.54) is 10.4 Å². The second kappa shape index (κ2) is 8.23. The molecular weight excluding hydrogens is 408 g/mol. The number of aromatic nitrogens is 2. The van der Waals surface area contributed by atoms with Gasteiger partial charge in [0.2, 0.25) is 0 Å². The Kier molecular flexibility index (Phi) is 5.28. The van der Waals surface area contributed by atoms with Crippen molar-refractivity contribution in [2.24, 2.45) is 0 Å². The Morgan fingerprint density at radius 2 is 1.71 bits per heavy atom. The molecule has 0 radical (unpaired) electrons. The highest BCUT2D eigenvalue weighted by molar-refractivity contribution is 7.25. The van der Waals surface area contributed by atoms with E-state index >= 15 is 0 Å². The highest BCUT2D eigenvalue weighted by Gasteiger charge is 2.24. The minimum Gasteiger partial charge on any atom is -0.497 e. The number of methoxy groups -OCH3 is 1. The molecule has 0 atom stereocenters. The van der Waals surface area contributed by atoms with Gasteiger partial charge in [0.15, 0.2) is 5.82 Å². The fourth-order valence-corrected chi connectivity index (χ4v) is 5.41. The standard InChI is InChI=1S/C24H26N4O2S/c1-3-12-28-21-19-6-4-5-7-20(19)31-23(21)25-22(24(28)29)27-15-13-26(14-16-27)17-8-10-18(30-2)11-9-17/h4-11H,3,12-16H2,1-2H3. The lowest BCUT2D eigenvalue weighted by molar-refractivity contribution is 0.415. The van der Waals surface area contributed by atoms with Crippen LogP contribution < -0.4 is 20.1 Å². The van der Waals surface area contributed by atoms with Crippen LogP contribution in [-0.2, 0) is 6.54 Å². The van der Waals surface area contributed by atoms with Gasteiger partial charge in [-0.05, 0) is 36.8 Å². The Morgan fingerprint density at radius 3 is 2.42 bits per heavy atom. The van der Waals surface area contributed by atoms with Crippen molar-refractivity contribution in [3.63, 3.8) is 0 Å². The molecule has 0 aliphatic carbocycles. The summed E-state index contributed by atoms with van der Waals surface area (Å²) < 4.78 is 8.37. The number of benzene rings is 2. The van der Waals surface area contributed by atoms with Crippen LogP contribution in [0.4, 0.5) is 11.5 Å². The fourth-order valence-electron chi connectivity index (χ4n) is 4.33. The molecule has 0 unspecified atom stereocenters. The summed E-state index contributed by atoms with van der Waals surface area (Å²) in [6.45, 7) is 6.07. The number of fused-ring (bicyclic) bond motifs is 3. The smallest absolute Gasteiger partial charge is 0.294 e. The summed E-state index contributed by atoms with van der Waals surface area (Å²) in [4.78, 5) is 23.8. The summed E-state index contributed by atoms with van der Waals surface area (Å²) in [6, 6.07) is 16.4. The summed E-state index contributed by atoms with van der Waals surface area (Å²) in [5.74, 6) is 1.45. The van der Waals surface area contributed by atoms with Gasteiger partial charge in [-0.15, -0.1) is 11.3 Å². The lowest BCUT2D eigenvalue weighted by atomic mass is 10.2. The number of nitrogens with zero attached hydrogens (tertiary/aromatic N) is 4. The zero-order valence-electron chi connectivity index (χ0n) is 17.9. The maximum atomic E-state index is 13.5. The van der Waals surface area contributed by atoms with E-state index in [1.54, 1.807) is 18.4 Å². The summed E-state index contributed by atoms with van der Waals surface area (Å²) in [5, 5.41) is 1.12. The van der Waals surface area contributed by atoms with Crippen molar-refractivity contribution in [3.05, 3.63) is 58.9 Å². The third kappa shape index (κ3) is 3.53. The second-order valence-electron chi connectivity index (χ2n) is 7.82. The van der Waals surface area contributed by atoms with Gasteiger partial charge in [0.05, 0.1) is 12.6 Å².